The van der Waals surface area contributed by atoms with Gasteiger partial charge in [0.15, 0.2) is 6.10 Å². The maximum atomic E-state index is 12.8. The molecule has 9 nitrogen and oxygen atoms in total. The van der Waals surface area contributed by atoms with Crippen molar-refractivity contribution in [3.05, 3.63) is 122 Å². The Morgan fingerprint density at radius 3 is 1.10 bits per heavy atom. The topological polar surface area (TPSA) is 108 Å². The highest BCUT2D eigenvalue weighted by molar-refractivity contribution is 7.47. The van der Waals surface area contributed by atoms with Gasteiger partial charge in [-0.25, -0.2) is 4.57 Å². The van der Waals surface area contributed by atoms with Gasteiger partial charge in [0.25, 0.3) is 0 Å². The Labute approximate surface area is 473 Å². The zero-order valence-corrected chi connectivity index (χ0v) is 50.8. The van der Waals surface area contributed by atoms with Gasteiger partial charge in [0.05, 0.1) is 27.7 Å². The summed E-state index contributed by atoms with van der Waals surface area (Å²) in [7, 11) is 1.46. The fourth-order valence-corrected chi connectivity index (χ4v) is 8.74. The van der Waals surface area contributed by atoms with Crippen molar-refractivity contribution < 1.29 is 42.1 Å². The van der Waals surface area contributed by atoms with Gasteiger partial charge in [-0.05, 0) is 109 Å². The first-order valence-corrected chi connectivity index (χ1v) is 32.3. The van der Waals surface area contributed by atoms with Gasteiger partial charge in [-0.3, -0.25) is 18.6 Å². The number of hydrogen-bond acceptors (Lipinski definition) is 7. The van der Waals surface area contributed by atoms with Crippen molar-refractivity contribution in [2.45, 2.75) is 245 Å². The maximum absolute atomic E-state index is 12.8. The molecule has 0 fully saturated rings. The van der Waals surface area contributed by atoms with Gasteiger partial charge in [-0.15, -0.1) is 0 Å². The van der Waals surface area contributed by atoms with E-state index in [4.69, 9.17) is 18.5 Å². The number of carbonyl (C=O) groups is 2. The number of phosphoric acid groups is 1. The summed E-state index contributed by atoms with van der Waals surface area (Å²) in [4.78, 5) is 35.7. The second-order valence-electron chi connectivity index (χ2n) is 21.4. The molecule has 0 bridgehead atoms. The average molecular weight is 1090 g/mol. The zero-order valence-electron chi connectivity index (χ0n) is 49.9. The third kappa shape index (κ3) is 61.5. The minimum atomic E-state index is -4.40. The molecule has 0 saturated heterocycles. The third-order valence-corrected chi connectivity index (χ3v) is 13.7. The number of unbranched alkanes of at least 4 members (excludes halogenated alkanes) is 21. The molecule has 0 aliphatic heterocycles. The Hall–Kier alpha value is -3.59. The number of nitrogens with zero attached hydrogens (tertiary/aromatic N) is 1. The van der Waals surface area contributed by atoms with Crippen molar-refractivity contribution in [3.8, 4) is 0 Å². The molecule has 0 amide bonds. The molecule has 0 radical (unpaired) electrons. The first-order valence-electron chi connectivity index (χ1n) is 30.8. The van der Waals surface area contributed by atoms with E-state index in [1.54, 1.807) is 0 Å². The van der Waals surface area contributed by atoms with Gasteiger partial charge in [0.2, 0.25) is 0 Å². The van der Waals surface area contributed by atoms with Crippen LogP contribution < -0.4 is 0 Å². The lowest BCUT2D eigenvalue weighted by atomic mass is 10.0. The Morgan fingerprint density at radius 2 is 0.740 bits per heavy atom. The van der Waals surface area contributed by atoms with E-state index in [0.29, 0.717) is 17.4 Å². The fraction of sp³-hybridized carbons (Fsp3) is 0.672. The van der Waals surface area contributed by atoms with Crippen LogP contribution >= 0.6 is 7.82 Å². The minimum Gasteiger partial charge on any atom is -0.462 e. The normalized spacial score (nSPS) is 14.1. The molecule has 1 N–H and O–H groups in total. The fourth-order valence-electron chi connectivity index (χ4n) is 8.00. The second-order valence-corrected chi connectivity index (χ2v) is 22.8. The van der Waals surface area contributed by atoms with Crippen molar-refractivity contribution in [2.75, 3.05) is 47.5 Å². The van der Waals surface area contributed by atoms with Crippen molar-refractivity contribution in [2.24, 2.45) is 0 Å². The van der Waals surface area contributed by atoms with E-state index >= 15 is 0 Å². The Kier molecular flexibility index (Phi) is 54.4. The van der Waals surface area contributed by atoms with E-state index in [1.807, 2.05) is 21.1 Å². The van der Waals surface area contributed by atoms with Crippen molar-refractivity contribution >= 4 is 19.8 Å². The summed E-state index contributed by atoms with van der Waals surface area (Å²) < 4.78 is 34.5. The van der Waals surface area contributed by atoms with Crippen LogP contribution in [0.4, 0.5) is 0 Å². The average Bonchev–Trinajstić information content (AvgIpc) is 3.39. The van der Waals surface area contributed by atoms with Crippen LogP contribution in [0.15, 0.2) is 122 Å². The number of allylic oxidation sites excluding steroid dienone is 20. The molecule has 0 aromatic rings. The number of carbonyl (C=O) groups excluding carboxylic acids is 2. The van der Waals surface area contributed by atoms with Crippen LogP contribution in [0.25, 0.3) is 0 Å². The summed E-state index contributed by atoms with van der Waals surface area (Å²) in [6, 6.07) is 0. The van der Waals surface area contributed by atoms with Crippen LogP contribution in [0.3, 0.4) is 0 Å². The molecular weight excluding hydrogens is 978 g/mol. The Morgan fingerprint density at radius 1 is 0.416 bits per heavy atom. The Bertz CT molecular complexity index is 1710. The highest BCUT2D eigenvalue weighted by atomic mass is 31.2. The number of esters is 2. The van der Waals surface area contributed by atoms with Crippen LogP contribution in [0.2, 0.25) is 0 Å². The monoisotopic (exact) mass is 1090 g/mol. The molecule has 440 valence electrons. The van der Waals surface area contributed by atoms with Crippen LogP contribution in [-0.2, 0) is 32.7 Å². The lowest BCUT2D eigenvalue weighted by molar-refractivity contribution is -0.870. The predicted octanol–water partition coefficient (Wildman–Crippen LogP) is 19.5. The summed E-state index contributed by atoms with van der Waals surface area (Å²) >= 11 is 0. The van der Waals surface area contributed by atoms with Gasteiger partial charge < -0.3 is 18.9 Å². The third-order valence-electron chi connectivity index (χ3n) is 12.7. The van der Waals surface area contributed by atoms with Gasteiger partial charge in [-0.1, -0.05) is 238 Å². The zero-order chi connectivity index (χ0) is 56.3. The number of phosphoric ester groups is 1. The molecule has 0 aromatic carbocycles. The van der Waals surface area contributed by atoms with Gasteiger partial charge in [0, 0.05) is 12.8 Å². The smallest absolute Gasteiger partial charge is 0.462 e. The van der Waals surface area contributed by atoms with Crippen LogP contribution in [0.5, 0.6) is 0 Å². The molecule has 0 spiro atoms. The van der Waals surface area contributed by atoms with E-state index in [-0.39, 0.29) is 32.0 Å². The number of ether oxygens (including phenoxy) is 2. The van der Waals surface area contributed by atoms with Crippen LogP contribution in [-0.4, -0.2) is 74.9 Å². The first kappa shape index (κ1) is 73.4. The summed E-state index contributed by atoms with van der Waals surface area (Å²) in [5.41, 5.74) is 0. The number of likely N-dealkylation sites (N-methyl/N-ethyl adjacent to an activating group) is 1. The molecule has 10 heteroatoms. The number of quaternary nitrogens is 1. The summed E-state index contributed by atoms with van der Waals surface area (Å²) in [5, 5.41) is 0. The second kappa shape index (κ2) is 57.1. The van der Waals surface area contributed by atoms with E-state index in [0.717, 1.165) is 116 Å². The first-order chi connectivity index (χ1) is 37.5. The predicted molar refractivity (Wildman–Crippen MR) is 330 cm³/mol. The molecule has 2 atom stereocenters. The quantitative estimate of drug-likeness (QED) is 0.0211. The van der Waals surface area contributed by atoms with E-state index < -0.39 is 26.5 Å². The summed E-state index contributed by atoms with van der Waals surface area (Å²) in [6.07, 6.45) is 81.3. The molecule has 0 rings (SSSR count). The minimum absolute atomic E-state index is 0.0240. The van der Waals surface area contributed by atoms with Crippen molar-refractivity contribution in [3.63, 3.8) is 0 Å². The largest absolute Gasteiger partial charge is 0.472 e. The maximum Gasteiger partial charge on any atom is 0.472 e. The highest BCUT2D eigenvalue weighted by Crippen LogP contribution is 2.43. The SMILES string of the molecule is CC/C=C\C/C=C\C/C=C\C/C=C\C/C=C\C/C=C\C/C=C\C/C=C\CCCCCCCCCCCCCCC(=O)OC(COC(=O)CCCCCCC/C=C\C/C=C\CCCCCC)COP(=O)(O)OCC[N+](C)(C)C. The van der Waals surface area contributed by atoms with E-state index in [1.165, 1.54) is 89.9 Å². The summed E-state index contributed by atoms with van der Waals surface area (Å²) in [6.45, 7) is 4.28. The lowest BCUT2D eigenvalue weighted by Gasteiger charge is -2.24. The number of hydrogen-bond donors (Lipinski definition) is 1. The number of rotatable bonds is 55. The van der Waals surface area contributed by atoms with Gasteiger partial charge in [-0.2, -0.15) is 0 Å². The Balaban J connectivity index is 4.10. The van der Waals surface area contributed by atoms with Crippen molar-refractivity contribution in [1.29, 1.82) is 0 Å². The van der Waals surface area contributed by atoms with Gasteiger partial charge in [0.1, 0.15) is 19.8 Å². The molecule has 0 heterocycles. The lowest BCUT2D eigenvalue weighted by Crippen LogP contribution is -2.37. The molecule has 0 saturated carbocycles. The molecule has 2 unspecified atom stereocenters. The van der Waals surface area contributed by atoms with Crippen LogP contribution in [0, 0.1) is 0 Å². The highest BCUT2D eigenvalue weighted by Gasteiger charge is 2.27. The molecular formula is C67H115NO8P+. The van der Waals surface area contributed by atoms with Crippen LogP contribution in [0.1, 0.15) is 239 Å². The summed E-state index contributed by atoms with van der Waals surface area (Å²) in [5.74, 6) is -0.820. The molecule has 0 aliphatic carbocycles. The van der Waals surface area contributed by atoms with E-state index in [9.17, 15) is 19.0 Å². The van der Waals surface area contributed by atoms with Gasteiger partial charge >= 0.3 is 19.8 Å². The van der Waals surface area contributed by atoms with E-state index in [2.05, 4.69) is 135 Å². The standard InChI is InChI=1S/C67H114NO8P/c1-6-8-10-12-14-16-18-20-22-24-25-26-27-28-29-30-31-32-33-34-35-36-37-38-39-40-41-42-43-44-46-48-50-52-54-56-58-60-67(70)76-65(64-75-77(71,72)74-62-61-68(3,4)5)63-73-66(69)59-57-55-53-51-49-47-45-23-21-19-17-15-13-11-9-7-2/h8,10,14,16-17,19-20,22-23,25-26,28-29,31-32,34-35,37-38,45,65H,6-7,9,11-13,15,18,21,24,27,30,33,36,39-44,46-64H2,1-5H3/p+1/b10-8-,16-14-,19-17-,22-20-,26-25-,29-28-,32-31-,35-34-,38-37-,45-23-. The molecule has 77 heavy (non-hydrogen) atoms. The molecule has 0 aliphatic rings. The van der Waals surface area contributed by atoms with Crippen molar-refractivity contribution in [1.82, 2.24) is 0 Å². The molecule has 0 aromatic heterocycles.